The van der Waals surface area contributed by atoms with Crippen molar-refractivity contribution in [1.29, 1.82) is 0 Å². The summed E-state index contributed by atoms with van der Waals surface area (Å²) < 4.78 is 5.63. The highest BCUT2D eigenvalue weighted by Crippen LogP contribution is 2.44. The number of fused-ring (bicyclic) bond motifs is 3. The van der Waals surface area contributed by atoms with Crippen molar-refractivity contribution in [1.82, 2.24) is 10.2 Å². The van der Waals surface area contributed by atoms with Gasteiger partial charge in [0.2, 0.25) is 5.91 Å². The van der Waals surface area contributed by atoms with E-state index >= 15 is 0 Å². The fourth-order valence-electron chi connectivity index (χ4n) is 5.24. The third-order valence-electron chi connectivity index (χ3n) is 7.14. The predicted octanol–water partition coefficient (Wildman–Crippen LogP) is 4.26. The summed E-state index contributed by atoms with van der Waals surface area (Å²) in [6.45, 7) is 6.13. The van der Waals surface area contributed by atoms with E-state index in [1.807, 2.05) is 38.1 Å². The highest BCUT2D eigenvalue weighted by Gasteiger charge is 2.39. The maximum Gasteiger partial charge on any atom is 0.407 e. The number of amides is 2. The van der Waals surface area contributed by atoms with Gasteiger partial charge in [0.15, 0.2) is 0 Å². The van der Waals surface area contributed by atoms with E-state index in [4.69, 9.17) is 4.74 Å². The second kappa shape index (κ2) is 9.87. The molecule has 0 saturated carbocycles. The van der Waals surface area contributed by atoms with Crippen LogP contribution in [0.1, 0.15) is 50.7 Å². The van der Waals surface area contributed by atoms with Crippen LogP contribution in [-0.2, 0) is 14.3 Å². The zero-order valence-electron chi connectivity index (χ0n) is 19.9. The molecule has 2 aromatic carbocycles. The maximum absolute atomic E-state index is 13.3. The highest BCUT2D eigenvalue weighted by atomic mass is 16.5. The molecule has 3 atom stereocenters. The number of carboxylic acid groups (broad SMARTS) is 1. The zero-order chi connectivity index (χ0) is 24.4. The summed E-state index contributed by atoms with van der Waals surface area (Å²) in [5, 5.41) is 12.2. The average molecular weight is 465 g/mol. The third-order valence-corrected chi connectivity index (χ3v) is 7.14. The SMILES string of the molecule is CC(C)[C@@H](NC(=O)OCC1c2ccccc2-c2ccccc21)C(=O)N1CCCC(C(=O)O)C1C. The Morgan fingerprint density at radius 2 is 1.65 bits per heavy atom. The molecule has 1 aliphatic carbocycles. The summed E-state index contributed by atoms with van der Waals surface area (Å²) in [5.74, 6) is -1.99. The molecule has 0 bridgehead atoms. The predicted molar refractivity (Wildman–Crippen MR) is 128 cm³/mol. The van der Waals surface area contributed by atoms with Gasteiger partial charge >= 0.3 is 12.1 Å². The van der Waals surface area contributed by atoms with Crippen LogP contribution >= 0.6 is 0 Å². The first-order valence-electron chi connectivity index (χ1n) is 11.9. The van der Waals surface area contributed by atoms with Gasteiger partial charge in [0.25, 0.3) is 0 Å². The summed E-state index contributed by atoms with van der Waals surface area (Å²) in [6.07, 6.45) is 0.531. The van der Waals surface area contributed by atoms with E-state index in [9.17, 15) is 19.5 Å². The van der Waals surface area contributed by atoms with Gasteiger partial charge in [-0.05, 0) is 47.9 Å². The minimum atomic E-state index is -0.893. The number of hydrogen-bond acceptors (Lipinski definition) is 4. The molecule has 34 heavy (non-hydrogen) atoms. The monoisotopic (exact) mass is 464 g/mol. The number of aliphatic carboxylic acids is 1. The quantitative estimate of drug-likeness (QED) is 0.666. The molecule has 0 spiro atoms. The largest absolute Gasteiger partial charge is 0.481 e. The number of carbonyl (C=O) groups excluding carboxylic acids is 2. The van der Waals surface area contributed by atoms with Crippen LogP contribution < -0.4 is 5.32 Å². The Hall–Kier alpha value is -3.35. The Bertz CT molecular complexity index is 1040. The summed E-state index contributed by atoms with van der Waals surface area (Å²) in [7, 11) is 0. The van der Waals surface area contributed by atoms with Crippen LogP contribution in [0.5, 0.6) is 0 Å². The summed E-state index contributed by atoms with van der Waals surface area (Å²) in [4.78, 5) is 39.3. The van der Waals surface area contributed by atoms with Gasteiger partial charge in [-0.1, -0.05) is 62.4 Å². The topological polar surface area (TPSA) is 95.9 Å². The minimum Gasteiger partial charge on any atom is -0.481 e. The fourth-order valence-corrected chi connectivity index (χ4v) is 5.24. The molecule has 2 unspecified atom stereocenters. The molecule has 1 aliphatic heterocycles. The summed E-state index contributed by atoms with van der Waals surface area (Å²) >= 11 is 0. The van der Waals surface area contributed by atoms with Crippen LogP contribution in [0.15, 0.2) is 48.5 Å². The zero-order valence-corrected chi connectivity index (χ0v) is 19.9. The molecule has 1 heterocycles. The van der Waals surface area contributed by atoms with Crippen LogP contribution in [0, 0.1) is 11.8 Å². The fraction of sp³-hybridized carbons (Fsp3) is 0.444. The van der Waals surface area contributed by atoms with Crippen molar-refractivity contribution in [3.05, 3.63) is 59.7 Å². The lowest BCUT2D eigenvalue weighted by molar-refractivity contribution is -0.150. The average Bonchev–Trinajstić information content (AvgIpc) is 3.14. The number of hydrogen-bond donors (Lipinski definition) is 2. The van der Waals surface area contributed by atoms with E-state index in [1.54, 1.807) is 11.8 Å². The van der Waals surface area contributed by atoms with E-state index < -0.39 is 30.1 Å². The number of carboxylic acids is 1. The molecule has 2 aromatic rings. The van der Waals surface area contributed by atoms with E-state index in [1.165, 1.54) is 0 Å². The van der Waals surface area contributed by atoms with Gasteiger partial charge in [-0.2, -0.15) is 0 Å². The van der Waals surface area contributed by atoms with Crippen LogP contribution in [0.3, 0.4) is 0 Å². The van der Waals surface area contributed by atoms with Gasteiger partial charge in [0.05, 0.1) is 5.92 Å². The molecule has 7 heteroatoms. The van der Waals surface area contributed by atoms with Gasteiger partial charge in [-0.15, -0.1) is 0 Å². The Morgan fingerprint density at radius 1 is 1.06 bits per heavy atom. The summed E-state index contributed by atoms with van der Waals surface area (Å²) in [6, 6.07) is 15.0. The molecular weight excluding hydrogens is 432 g/mol. The molecule has 2 aliphatic rings. The molecule has 0 aromatic heterocycles. The first-order chi connectivity index (χ1) is 16.3. The van der Waals surface area contributed by atoms with Crippen molar-refractivity contribution in [2.24, 2.45) is 11.8 Å². The van der Waals surface area contributed by atoms with Gasteiger partial charge in [-0.3, -0.25) is 9.59 Å². The van der Waals surface area contributed by atoms with E-state index in [0.717, 1.165) is 22.3 Å². The molecule has 7 nitrogen and oxygen atoms in total. The number of alkyl carbamates (subject to hydrolysis) is 1. The van der Waals surface area contributed by atoms with Gasteiger partial charge in [-0.25, -0.2) is 4.79 Å². The van der Waals surface area contributed by atoms with E-state index in [-0.39, 0.29) is 24.3 Å². The smallest absolute Gasteiger partial charge is 0.407 e. The van der Waals surface area contributed by atoms with Crippen LogP contribution in [0.2, 0.25) is 0 Å². The standard InChI is InChI=1S/C27H32N2O5/c1-16(2)24(25(30)29-14-8-13-18(17(29)3)26(31)32)28-27(33)34-15-23-21-11-6-4-9-19(21)20-10-5-7-12-22(20)23/h4-7,9-12,16-18,23-24H,8,13-15H2,1-3H3,(H,28,33)(H,31,32)/t17?,18?,24-/m1/s1. The Kier molecular flexibility index (Phi) is 6.91. The number of ether oxygens (including phenoxy) is 1. The lowest BCUT2D eigenvalue weighted by Crippen LogP contribution is -2.57. The maximum atomic E-state index is 13.3. The number of carbonyl (C=O) groups is 3. The molecule has 180 valence electrons. The lowest BCUT2D eigenvalue weighted by atomic mass is 9.89. The van der Waals surface area contributed by atoms with Crippen molar-refractivity contribution < 1.29 is 24.2 Å². The molecule has 1 fully saturated rings. The van der Waals surface area contributed by atoms with Crippen molar-refractivity contribution in [2.75, 3.05) is 13.2 Å². The highest BCUT2D eigenvalue weighted by molar-refractivity contribution is 5.87. The van der Waals surface area contributed by atoms with E-state index in [0.29, 0.717) is 19.4 Å². The Labute approximate surface area is 200 Å². The Balaban J connectivity index is 1.43. The van der Waals surface area contributed by atoms with Crippen LogP contribution in [-0.4, -0.2) is 53.2 Å². The summed E-state index contributed by atoms with van der Waals surface area (Å²) in [5.41, 5.74) is 4.54. The minimum absolute atomic E-state index is 0.0650. The normalized spacial score (nSPS) is 20.4. The van der Waals surface area contributed by atoms with E-state index in [2.05, 4.69) is 29.6 Å². The molecule has 1 saturated heterocycles. The number of rotatable bonds is 6. The van der Waals surface area contributed by atoms with Gasteiger partial charge in [0, 0.05) is 18.5 Å². The second-order valence-electron chi connectivity index (χ2n) is 9.55. The molecule has 4 rings (SSSR count). The first kappa shape index (κ1) is 23.8. The number of likely N-dealkylation sites (tertiary alicyclic amines) is 1. The van der Waals surface area contributed by atoms with Crippen molar-refractivity contribution in [2.45, 2.75) is 51.6 Å². The van der Waals surface area contributed by atoms with Crippen molar-refractivity contribution in [3.8, 4) is 11.1 Å². The molecule has 2 N–H and O–H groups in total. The number of nitrogens with one attached hydrogen (secondary N) is 1. The Morgan fingerprint density at radius 3 is 2.21 bits per heavy atom. The number of benzene rings is 2. The third kappa shape index (κ3) is 4.52. The number of piperidine rings is 1. The molecular formula is C27H32N2O5. The van der Waals surface area contributed by atoms with Gasteiger partial charge < -0.3 is 20.1 Å². The van der Waals surface area contributed by atoms with Crippen LogP contribution in [0.25, 0.3) is 11.1 Å². The second-order valence-corrected chi connectivity index (χ2v) is 9.55. The van der Waals surface area contributed by atoms with Crippen LogP contribution in [0.4, 0.5) is 4.79 Å². The lowest BCUT2D eigenvalue weighted by Gasteiger charge is -2.40. The van der Waals surface area contributed by atoms with Crippen molar-refractivity contribution >= 4 is 18.0 Å². The molecule has 0 radical (unpaired) electrons. The molecule has 2 amide bonds. The number of nitrogens with zero attached hydrogens (tertiary/aromatic N) is 1. The van der Waals surface area contributed by atoms with Gasteiger partial charge in [0.1, 0.15) is 12.6 Å². The van der Waals surface area contributed by atoms with Crippen molar-refractivity contribution in [3.63, 3.8) is 0 Å². The first-order valence-corrected chi connectivity index (χ1v) is 11.9.